The molecule has 0 aliphatic heterocycles. The molecule has 0 heterocycles. The van der Waals surface area contributed by atoms with Gasteiger partial charge in [0.15, 0.2) is 18.1 Å². The highest BCUT2D eigenvalue weighted by atomic mass is 19.1. The van der Waals surface area contributed by atoms with Gasteiger partial charge >= 0.3 is 5.97 Å². The van der Waals surface area contributed by atoms with E-state index in [2.05, 4.69) is 5.32 Å². The Morgan fingerprint density at radius 3 is 2.62 bits per heavy atom. The van der Waals surface area contributed by atoms with Gasteiger partial charge in [-0.2, -0.15) is 5.26 Å². The third kappa shape index (κ3) is 6.07. The largest absolute Gasteiger partial charge is 0.493 e. The molecule has 29 heavy (non-hydrogen) atoms. The van der Waals surface area contributed by atoms with E-state index in [-0.39, 0.29) is 24.5 Å². The summed E-state index contributed by atoms with van der Waals surface area (Å²) in [5.41, 5.74) is 0.222. The molecule has 0 aliphatic carbocycles. The first kappa shape index (κ1) is 21.4. The maximum absolute atomic E-state index is 13.7. The number of methoxy groups -OCH3 is 1. The van der Waals surface area contributed by atoms with Crippen LogP contribution in [0.4, 0.5) is 10.1 Å². The predicted molar refractivity (Wildman–Crippen MR) is 104 cm³/mol. The fraction of sp³-hybridized carbons (Fsp3) is 0.190. The number of carbonyl (C=O) groups is 2. The smallest absolute Gasteiger partial charge is 0.344 e. The van der Waals surface area contributed by atoms with E-state index in [0.717, 1.165) is 0 Å². The quantitative estimate of drug-likeness (QED) is 0.416. The zero-order chi connectivity index (χ0) is 21.2. The maximum Gasteiger partial charge on any atom is 0.344 e. The van der Waals surface area contributed by atoms with Crippen LogP contribution >= 0.6 is 0 Å². The number of benzene rings is 2. The molecular weight excluding hydrogens is 379 g/mol. The standard InChI is InChI=1S/C21H19FN2O5/c1-3-28-20(25)13-29-18-9-8-14(11-19(18)27-2)10-15(12-23)21(26)24-17-7-5-4-6-16(17)22/h4-11H,3,13H2,1-2H3,(H,24,26)/b15-10+. The van der Waals surface area contributed by atoms with Crippen LogP contribution < -0.4 is 14.8 Å². The number of nitrogens with one attached hydrogen (secondary N) is 1. The molecule has 7 nitrogen and oxygen atoms in total. The summed E-state index contributed by atoms with van der Waals surface area (Å²) in [6.45, 7) is 1.65. The average Bonchev–Trinajstić information content (AvgIpc) is 2.72. The van der Waals surface area contributed by atoms with Crippen LogP contribution in [0.2, 0.25) is 0 Å². The van der Waals surface area contributed by atoms with E-state index in [1.54, 1.807) is 25.1 Å². The number of hydrogen-bond acceptors (Lipinski definition) is 6. The predicted octanol–water partition coefficient (Wildman–Crippen LogP) is 3.32. The minimum Gasteiger partial charge on any atom is -0.493 e. The van der Waals surface area contributed by atoms with E-state index in [0.29, 0.717) is 17.1 Å². The van der Waals surface area contributed by atoms with Crippen molar-refractivity contribution in [1.29, 1.82) is 5.26 Å². The van der Waals surface area contributed by atoms with Crippen LogP contribution in [0, 0.1) is 17.1 Å². The van der Waals surface area contributed by atoms with E-state index in [1.807, 2.05) is 0 Å². The van der Waals surface area contributed by atoms with Crippen molar-refractivity contribution in [2.45, 2.75) is 6.92 Å². The lowest BCUT2D eigenvalue weighted by atomic mass is 10.1. The molecule has 0 atom stereocenters. The molecule has 0 fully saturated rings. The third-order valence-electron chi connectivity index (χ3n) is 3.64. The molecule has 1 amide bonds. The zero-order valence-corrected chi connectivity index (χ0v) is 15.9. The molecule has 150 valence electrons. The van der Waals surface area contributed by atoms with Gasteiger partial charge in [-0.1, -0.05) is 18.2 Å². The molecule has 8 heteroatoms. The van der Waals surface area contributed by atoms with E-state index in [4.69, 9.17) is 14.2 Å². The molecule has 0 saturated carbocycles. The van der Waals surface area contributed by atoms with Crippen molar-refractivity contribution in [2.24, 2.45) is 0 Å². The molecule has 2 aromatic rings. The first-order valence-electron chi connectivity index (χ1n) is 8.62. The van der Waals surface area contributed by atoms with Gasteiger partial charge in [-0.25, -0.2) is 9.18 Å². The number of esters is 1. The van der Waals surface area contributed by atoms with Crippen molar-refractivity contribution >= 4 is 23.6 Å². The van der Waals surface area contributed by atoms with Crippen molar-refractivity contribution in [3.8, 4) is 17.6 Å². The number of nitriles is 1. The Kier molecular flexibility index (Phi) is 7.74. The summed E-state index contributed by atoms with van der Waals surface area (Å²) in [5.74, 6) is -1.28. The summed E-state index contributed by atoms with van der Waals surface area (Å²) in [4.78, 5) is 23.7. The van der Waals surface area contributed by atoms with E-state index < -0.39 is 17.7 Å². The Labute approximate surface area is 167 Å². The minimum atomic E-state index is -0.751. The minimum absolute atomic E-state index is 0.0288. The second-order valence-electron chi connectivity index (χ2n) is 5.61. The molecule has 0 aliphatic rings. The lowest BCUT2D eigenvalue weighted by Gasteiger charge is -2.11. The van der Waals surface area contributed by atoms with Gasteiger partial charge in [-0.05, 0) is 42.8 Å². The van der Waals surface area contributed by atoms with Gasteiger partial charge in [-0.15, -0.1) is 0 Å². The number of nitrogens with zero attached hydrogens (tertiary/aromatic N) is 1. The number of hydrogen-bond donors (Lipinski definition) is 1. The van der Waals surface area contributed by atoms with Crippen molar-refractivity contribution in [2.75, 3.05) is 25.6 Å². The van der Waals surface area contributed by atoms with Crippen molar-refractivity contribution < 1.29 is 28.2 Å². The number of carbonyl (C=O) groups excluding carboxylic acids is 2. The van der Waals surface area contributed by atoms with Gasteiger partial charge in [-0.3, -0.25) is 4.79 Å². The van der Waals surface area contributed by atoms with E-state index in [9.17, 15) is 19.2 Å². The highest BCUT2D eigenvalue weighted by molar-refractivity contribution is 6.09. The monoisotopic (exact) mass is 398 g/mol. The van der Waals surface area contributed by atoms with Crippen LogP contribution in [0.5, 0.6) is 11.5 Å². The molecule has 2 aromatic carbocycles. The van der Waals surface area contributed by atoms with Crippen molar-refractivity contribution in [3.63, 3.8) is 0 Å². The summed E-state index contributed by atoms with van der Waals surface area (Å²) in [6, 6.07) is 12.1. The highest BCUT2D eigenvalue weighted by Gasteiger charge is 2.13. The Balaban J connectivity index is 2.18. The van der Waals surface area contributed by atoms with Crippen LogP contribution in [0.15, 0.2) is 48.0 Å². The third-order valence-corrected chi connectivity index (χ3v) is 3.64. The number of para-hydroxylation sites is 1. The number of anilines is 1. The lowest BCUT2D eigenvalue weighted by molar-refractivity contribution is -0.145. The molecule has 0 aromatic heterocycles. The Morgan fingerprint density at radius 1 is 1.21 bits per heavy atom. The molecule has 0 radical (unpaired) electrons. The Hall–Kier alpha value is -3.86. The second-order valence-corrected chi connectivity index (χ2v) is 5.61. The Bertz CT molecular complexity index is 966. The zero-order valence-electron chi connectivity index (χ0n) is 15.9. The molecule has 0 saturated heterocycles. The molecule has 0 bridgehead atoms. The van der Waals surface area contributed by atoms with Gasteiger partial charge in [0, 0.05) is 0 Å². The van der Waals surface area contributed by atoms with E-state index in [1.165, 1.54) is 43.5 Å². The van der Waals surface area contributed by atoms with Gasteiger partial charge in [0.1, 0.15) is 17.5 Å². The number of ether oxygens (including phenoxy) is 3. The number of halogens is 1. The molecule has 2 rings (SSSR count). The Morgan fingerprint density at radius 2 is 1.97 bits per heavy atom. The molecular formula is C21H19FN2O5. The molecule has 1 N–H and O–H groups in total. The maximum atomic E-state index is 13.7. The van der Waals surface area contributed by atoms with Crippen LogP contribution in [-0.4, -0.2) is 32.2 Å². The molecule has 0 spiro atoms. The first-order chi connectivity index (χ1) is 14.0. The van der Waals surface area contributed by atoms with Crippen molar-refractivity contribution in [3.05, 3.63) is 59.4 Å². The van der Waals surface area contributed by atoms with Gasteiger partial charge in [0.05, 0.1) is 19.4 Å². The van der Waals surface area contributed by atoms with Crippen LogP contribution in [-0.2, 0) is 14.3 Å². The van der Waals surface area contributed by atoms with E-state index >= 15 is 0 Å². The lowest BCUT2D eigenvalue weighted by Crippen LogP contribution is -2.15. The summed E-state index contributed by atoms with van der Waals surface area (Å²) in [7, 11) is 1.41. The van der Waals surface area contributed by atoms with Crippen LogP contribution in [0.3, 0.4) is 0 Å². The fourth-order valence-electron chi connectivity index (χ4n) is 2.30. The van der Waals surface area contributed by atoms with Gasteiger partial charge in [0.2, 0.25) is 0 Å². The molecule has 0 unspecified atom stereocenters. The highest BCUT2D eigenvalue weighted by Crippen LogP contribution is 2.29. The summed E-state index contributed by atoms with van der Waals surface area (Å²) in [5, 5.41) is 11.7. The SMILES string of the molecule is CCOC(=O)COc1ccc(/C=C(\C#N)C(=O)Nc2ccccc2F)cc1OC. The summed E-state index contributed by atoms with van der Waals surface area (Å²) < 4.78 is 29.1. The van der Waals surface area contributed by atoms with Gasteiger partial charge in [0.25, 0.3) is 5.91 Å². The number of rotatable bonds is 8. The van der Waals surface area contributed by atoms with Crippen LogP contribution in [0.1, 0.15) is 12.5 Å². The average molecular weight is 398 g/mol. The summed E-state index contributed by atoms with van der Waals surface area (Å²) >= 11 is 0. The van der Waals surface area contributed by atoms with Crippen LogP contribution in [0.25, 0.3) is 6.08 Å². The normalized spacial score (nSPS) is 10.6. The summed E-state index contributed by atoms with van der Waals surface area (Å²) in [6.07, 6.45) is 1.33. The topological polar surface area (TPSA) is 97.7 Å². The first-order valence-corrected chi connectivity index (χ1v) is 8.62. The second kappa shape index (κ2) is 10.5. The fourth-order valence-corrected chi connectivity index (χ4v) is 2.30. The van der Waals surface area contributed by atoms with Gasteiger partial charge < -0.3 is 19.5 Å². The van der Waals surface area contributed by atoms with Crippen molar-refractivity contribution in [1.82, 2.24) is 0 Å². The number of amides is 1.